The zero-order valence-corrected chi connectivity index (χ0v) is 17.6. The lowest BCUT2D eigenvalue weighted by molar-refractivity contribution is -0.127. The van der Waals surface area contributed by atoms with E-state index in [9.17, 15) is 14.4 Å². The van der Waals surface area contributed by atoms with E-state index < -0.39 is 6.04 Å². The van der Waals surface area contributed by atoms with E-state index in [1.807, 2.05) is 25.1 Å². The maximum Gasteiger partial charge on any atom is 0.258 e. The highest BCUT2D eigenvalue weighted by Crippen LogP contribution is 2.41. The van der Waals surface area contributed by atoms with Crippen LogP contribution >= 0.6 is 0 Å². The van der Waals surface area contributed by atoms with Crippen molar-refractivity contribution < 1.29 is 4.79 Å². The Morgan fingerprint density at radius 1 is 1.16 bits per heavy atom. The highest BCUT2D eigenvalue weighted by atomic mass is 16.2. The number of aromatic nitrogens is 3. The Balaban J connectivity index is 1.50. The molecule has 0 saturated carbocycles. The third-order valence-corrected chi connectivity index (χ3v) is 6.56. The lowest BCUT2D eigenvalue weighted by Gasteiger charge is -2.46. The van der Waals surface area contributed by atoms with Gasteiger partial charge in [-0.2, -0.15) is 0 Å². The summed E-state index contributed by atoms with van der Waals surface area (Å²) in [6.45, 7) is 3.91. The van der Waals surface area contributed by atoms with Crippen LogP contribution in [-0.2, 0) is 11.3 Å². The Labute approximate surface area is 179 Å². The summed E-state index contributed by atoms with van der Waals surface area (Å²) >= 11 is 0. The van der Waals surface area contributed by atoms with Crippen LogP contribution < -0.4 is 16.4 Å². The van der Waals surface area contributed by atoms with E-state index >= 15 is 0 Å². The molecule has 3 aromatic heterocycles. The second kappa shape index (κ2) is 7.46. The standard InChI is InChI=1S/C23H25N5O3/c1-14-5-4-8-27-20(30)10-17(25-22(14)27)13-26-11-15-9-16(12-26)21(23(31)24-2)28-18(15)6-3-7-19(28)29/h3-8,10,15-16,21H,9,11-13H2,1-2H3,(H,24,31)/t15-,16+,21-/m1/s1. The number of carbonyl (C=O) groups is 1. The Hall–Kier alpha value is -3.26. The Morgan fingerprint density at radius 3 is 2.81 bits per heavy atom. The molecule has 3 atom stereocenters. The largest absolute Gasteiger partial charge is 0.357 e. The molecule has 31 heavy (non-hydrogen) atoms. The summed E-state index contributed by atoms with van der Waals surface area (Å²) in [6, 6.07) is 10.1. The number of amides is 1. The molecule has 5 rings (SSSR count). The first-order valence-electron chi connectivity index (χ1n) is 10.6. The van der Waals surface area contributed by atoms with Gasteiger partial charge in [-0.15, -0.1) is 0 Å². The maximum absolute atomic E-state index is 12.7. The van der Waals surface area contributed by atoms with Gasteiger partial charge in [0.1, 0.15) is 11.7 Å². The monoisotopic (exact) mass is 419 g/mol. The molecule has 2 bridgehead atoms. The molecule has 1 amide bonds. The lowest BCUT2D eigenvalue weighted by atomic mass is 9.78. The van der Waals surface area contributed by atoms with Gasteiger partial charge in [-0.25, -0.2) is 4.98 Å². The number of nitrogens with one attached hydrogen (secondary N) is 1. The molecule has 8 heteroatoms. The predicted octanol–water partition coefficient (Wildman–Crippen LogP) is 1.07. The highest BCUT2D eigenvalue weighted by molar-refractivity contribution is 5.80. The highest BCUT2D eigenvalue weighted by Gasteiger charge is 2.43. The van der Waals surface area contributed by atoms with Gasteiger partial charge in [0, 0.05) is 62.5 Å². The van der Waals surface area contributed by atoms with E-state index in [0.717, 1.165) is 29.9 Å². The van der Waals surface area contributed by atoms with Crippen LogP contribution in [0.5, 0.6) is 0 Å². The predicted molar refractivity (Wildman–Crippen MR) is 116 cm³/mol. The van der Waals surface area contributed by atoms with Gasteiger partial charge in [0.15, 0.2) is 0 Å². The fourth-order valence-electron chi connectivity index (χ4n) is 5.26. The van der Waals surface area contributed by atoms with Crippen LogP contribution in [0.15, 0.2) is 52.2 Å². The molecule has 2 aliphatic heterocycles. The number of piperidine rings is 1. The number of nitrogens with zero attached hydrogens (tertiary/aromatic N) is 4. The van der Waals surface area contributed by atoms with Gasteiger partial charge in [0.2, 0.25) is 5.91 Å². The summed E-state index contributed by atoms with van der Waals surface area (Å²) in [6.07, 6.45) is 2.60. The molecule has 8 nitrogen and oxygen atoms in total. The van der Waals surface area contributed by atoms with Crippen molar-refractivity contribution in [3.05, 3.63) is 80.3 Å². The van der Waals surface area contributed by atoms with E-state index in [1.165, 1.54) is 6.07 Å². The quantitative estimate of drug-likeness (QED) is 0.686. The molecule has 5 heterocycles. The molecule has 1 fully saturated rings. The minimum Gasteiger partial charge on any atom is -0.357 e. The minimum atomic E-state index is -0.523. The van der Waals surface area contributed by atoms with E-state index in [1.54, 1.807) is 34.3 Å². The van der Waals surface area contributed by atoms with E-state index in [-0.39, 0.29) is 28.9 Å². The molecule has 1 N–H and O–H groups in total. The van der Waals surface area contributed by atoms with Crippen LogP contribution in [0.4, 0.5) is 0 Å². The number of rotatable bonds is 3. The van der Waals surface area contributed by atoms with Crippen molar-refractivity contribution in [2.75, 3.05) is 20.1 Å². The van der Waals surface area contributed by atoms with Crippen molar-refractivity contribution in [1.29, 1.82) is 0 Å². The maximum atomic E-state index is 12.7. The molecule has 160 valence electrons. The normalized spacial score (nSPS) is 22.8. The van der Waals surface area contributed by atoms with Crippen LogP contribution in [-0.4, -0.2) is 44.9 Å². The minimum absolute atomic E-state index is 0.0228. The molecular weight excluding hydrogens is 394 g/mol. The number of carbonyl (C=O) groups excluding carboxylic acids is 1. The van der Waals surface area contributed by atoms with E-state index in [4.69, 9.17) is 4.98 Å². The third-order valence-electron chi connectivity index (χ3n) is 6.56. The van der Waals surface area contributed by atoms with E-state index in [0.29, 0.717) is 18.7 Å². The van der Waals surface area contributed by atoms with Gasteiger partial charge in [-0.3, -0.25) is 28.3 Å². The first-order valence-corrected chi connectivity index (χ1v) is 10.6. The number of hydrogen-bond donors (Lipinski definition) is 1. The molecule has 0 spiro atoms. The van der Waals surface area contributed by atoms with Gasteiger partial charge in [-0.05, 0) is 31.0 Å². The number of fused-ring (bicyclic) bond motifs is 5. The van der Waals surface area contributed by atoms with Crippen LogP contribution in [0, 0.1) is 12.8 Å². The second-order valence-corrected chi connectivity index (χ2v) is 8.58. The Bertz CT molecular complexity index is 1290. The number of likely N-dealkylation sites (tertiary alicyclic amines) is 1. The molecule has 3 aromatic rings. The van der Waals surface area contributed by atoms with Crippen molar-refractivity contribution in [2.24, 2.45) is 5.92 Å². The fourth-order valence-corrected chi connectivity index (χ4v) is 5.26. The molecule has 0 radical (unpaired) electrons. The van der Waals surface area contributed by atoms with Crippen LogP contribution in [0.3, 0.4) is 0 Å². The average molecular weight is 419 g/mol. The smallest absolute Gasteiger partial charge is 0.258 e. The van der Waals surface area contributed by atoms with Crippen molar-refractivity contribution >= 4 is 11.6 Å². The van der Waals surface area contributed by atoms with Crippen LogP contribution in [0.2, 0.25) is 0 Å². The molecule has 0 aliphatic carbocycles. The summed E-state index contributed by atoms with van der Waals surface area (Å²) in [7, 11) is 1.61. The zero-order chi connectivity index (χ0) is 21.7. The summed E-state index contributed by atoms with van der Waals surface area (Å²) in [5.74, 6) is 0.0454. The van der Waals surface area contributed by atoms with Crippen LogP contribution in [0.1, 0.15) is 35.3 Å². The van der Waals surface area contributed by atoms with Crippen molar-refractivity contribution in [2.45, 2.75) is 31.8 Å². The Kier molecular flexibility index (Phi) is 4.74. The van der Waals surface area contributed by atoms with Gasteiger partial charge in [0.05, 0.1) is 5.69 Å². The molecule has 0 unspecified atom stereocenters. The number of aryl methyl sites for hydroxylation is 1. The van der Waals surface area contributed by atoms with Crippen molar-refractivity contribution in [3.63, 3.8) is 0 Å². The lowest BCUT2D eigenvalue weighted by Crippen LogP contribution is -2.52. The van der Waals surface area contributed by atoms with Gasteiger partial charge >= 0.3 is 0 Å². The summed E-state index contributed by atoms with van der Waals surface area (Å²) in [4.78, 5) is 44.9. The topological polar surface area (TPSA) is 88.7 Å². The first kappa shape index (κ1) is 19.7. The molecule has 0 aromatic carbocycles. The zero-order valence-electron chi connectivity index (χ0n) is 17.6. The van der Waals surface area contributed by atoms with Crippen molar-refractivity contribution in [1.82, 2.24) is 24.2 Å². The summed E-state index contributed by atoms with van der Waals surface area (Å²) in [5, 5.41) is 2.73. The number of likely N-dealkylation sites (N-methyl/N-ethyl adjacent to an activating group) is 1. The number of pyridine rings is 2. The number of hydrogen-bond acceptors (Lipinski definition) is 5. The first-order chi connectivity index (χ1) is 15.0. The fraction of sp³-hybridized carbons (Fsp3) is 0.391. The van der Waals surface area contributed by atoms with E-state index in [2.05, 4.69) is 10.2 Å². The summed E-state index contributed by atoms with van der Waals surface area (Å²) in [5.41, 5.74) is 3.02. The van der Waals surface area contributed by atoms with Gasteiger partial charge < -0.3 is 5.32 Å². The van der Waals surface area contributed by atoms with Crippen LogP contribution in [0.25, 0.3) is 5.65 Å². The summed E-state index contributed by atoms with van der Waals surface area (Å²) < 4.78 is 3.24. The second-order valence-electron chi connectivity index (χ2n) is 8.58. The Morgan fingerprint density at radius 2 is 2.00 bits per heavy atom. The third kappa shape index (κ3) is 3.27. The molecule has 1 saturated heterocycles. The average Bonchev–Trinajstić information content (AvgIpc) is 2.75. The molecule has 2 aliphatic rings. The molecular formula is C23H25N5O3. The van der Waals surface area contributed by atoms with Gasteiger partial charge in [-0.1, -0.05) is 12.1 Å². The SMILES string of the molecule is CNC(=O)[C@H]1[C@H]2C[C@H](CN(Cc3cc(=O)n4cccc(C)c4n3)C2)c2cccc(=O)n21. The van der Waals surface area contributed by atoms with Crippen molar-refractivity contribution in [3.8, 4) is 0 Å². The van der Waals surface area contributed by atoms with Gasteiger partial charge in [0.25, 0.3) is 11.1 Å².